The van der Waals surface area contributed by atoms with Crippen LogP contribution in [0.1, 0.15) is 44.1 Å². The van der Waals surface area contributed by atoms with Crippen molar-refractivity contribution in [2.45, 2.75) is 50.7 Å². The Balaban J connectivity index is 1.68. The molecule has 3 rings (SSSR count). The van der Waals surface area contributed by atoms with Gasteiger partial charge in [-0.3, -0.25) is 24.6 Å². The van der Waals surface area contributed by atoms with Crippen LogP contribution in [0.5, 0.6) is 0 Å². The minimum Gasteiger partial charge on any atom is -0.324 e. The van der Waals surface area contributed by atoms with Crippen LogP contribution in [0.2, 0.25) is 0 Å². The van der Waals surface area contributed by atoms with Crippen molar-refractivity contribution in [1.82, 2.24) is 15.5 Å². The molecule has 11 heteroatoms. The van der Waals surface area contributed by atoms with Gasteiger partial charge in [-0.15, -0.1) is 0 Å². The molecule has 32 heavy (non-hydrogen) atoms. The standard InChI is InChI=1S/C21H27F3N4O4/c22-21(23,24)16-5-7-17(8-6-16)26-19(30)18-9-10-25-28(18)20(31)15(12-27(32)13-29)11-14-3-1-2-4-14/h5-8,13-15,18,25,32H,1-4,9-12H2,(H,26,30)/t15?,18-/m0/s1. The Kier molecular flexibility index (Phi) is 7.73. The minimum absolute atomic E-state index is 0.176. The monoisotopic (exact) mass is 456 g/mol. The smallest absolute Gasteiger partial charge is 0.324 e. The lowest BCUT2D eigenvalue weighted by Crippen LogP contribution is -2.51. The summed E-state index contributed by atoms with van der Waals surface area (Å²) in [6.45, 7) is 0.188. The van der Waals surface area contributed by atoms with Gasteiger partial charge in [0, 0.05) is 12.2 Å². The van der Waals surface area contributed by atoms with Crippen molar-refractivity contribution in [3.63, 3.8) is 0 Å². The molecule has 1 aliphatic heterocycles. The summed E-state index contributed by atoms with van der Waals surface area (Å²) in [5.74, 6) is -1.30. The summed E-state index contributed by atoms with van der Waals surface area (Å²) in [5, 5.41) is 13.9. The largest absolute Gasteiger partial charge is 0.416 e. The predicted octanol–water partition coefficient (Wildman–Crippen LogP) is 2.79. The molecule has 1 saturated carbocycles. The van der Waals surface area contributed by atoms with Crippen LogP contribution in [-0.2, 0) is 20.6 Å². The molecular formula is C21H27F3N4O4. The lowest BCUT2D eigenvalue weighted by molar-refractivity contribution is -0.159. The number of amides is 3. The number of carbonyl (C=O) groups is 3. The molecule has 2 fully saturated rings. The Hall–Kier alpha value is -2.66. The van der Waals surface area contributed by atoms with E-state index in [-0.39, 0.29) is 18.6 Å². The van der Waals surface area contributed by atoms with E-state index in [1.807, 2.05) is 0 Å². The number of hydrogen-bond acceptors (Lipinski definition) is 5. The van der Waals surface area contributed by atoms with Crippen LogP contribution in [0, 0.1) is 11.8 Å². The fourth-order valence-electron chi connectivity index (χ4n) is 4.38. The lowest BCUT2D eigenvalue weighted by Gasteiger charge is -2.30. The summed E-state index contributed by atoms with van der Waals surface area (Å²) < 4.78 is 38.2. The van der Waals surface area contributed by atoms with Crippen molar-refractivity contribution in [1.29, 1.82) is 0 Å². The van der Waals surface area contributed by atoms with Gasteiger partial charge in [-0.1, -0.05) is 25.7 Å². The van der Waals surface area contributed by atoms with Crippen LogP contribution in [-0.4, -0.2) is 52.6 Å². The molecule has 0 aromatic heterocycles. The van der Waals surface area contributed by atoms with Crippen LogP contribution in [0.25, 0.3) is 0 Å². The molecule has 3 N–H and O–H groups in total. The number of nitrogens with zero attached hydrogens (tertiary/aromatic N) is 2. The number of rotatable bonds is 8. The first-order chi connectivity index (χ1) is 15.2. The molecule has 176 valence electrons. The van der Waals surface area contributed by atoms with Crippen molar-refractivity contribution in [3.05, 3.63) is 29.8 Å². The van der Waals surface area contributed by atoms with Gasteiger partial charge in [-0.05, 0) is 43.0 Å². The first kappa shape index (κ1) is 24.0. The minimum atomic E-state index is -4.47. The van der Waals surface area contributed by atoms with Gasteiger partial charge in [0.2, 0.25) is 18.2 Å². The Morgan fingerprint density at radius 3 is 2.47 bits per heavy atom. The molecule has 8 nitrogen and oxygen atoms in total. The fourth-order valence-corrected chi connectivity index (χ4v) is 4.38. The zero-order valence-electron chi connectivity index (χ0n) is 17.5. The normalized spacial score (nSPS) is 20.2. The summed E-state index contributed by atoms with van der Waals surface area (Å²) in [5.41, 5.74) is 2.25. The molecule has 0 bridgehead atoms. The van der Waals surface area contributed by atoms with Crippen molar-refractivity contribution < 1.29 is 32.8 Å². The second kappa shape index (κ2) is 10.3. The third-order valence-corrected chi connectivity index (χ3v) is 6.00. The fraction of sp³-hybridized carbons (Fsp3) is 0.571. The van der Waals surface area contributed by atoms with Gasteiger partial charge < -0.3 is 5.32 Å². The van der Waals surface area contributed by atoms with E-state index in [2.05, 4.69) is 10.7 Å². The first-order valence-corrected chi connectivity index (χ1v) is 10.6. The van der Waals surface area contributed by atoms with E-state index in [1.165, 1.54) is 5.01 Å². The second-order valence-corrected chi connectivity index (χ2v) is 8.30. The molecule has 1 heterocycles. The summed E-state index contributed by atoms with van der Waals surface area (Å²) in [6.07, 6.45) is 0.673. The van der Waals surface area contributed by atoms with E-state index in [0.29, 0.717) is 30.4 Å². The van der Waals surface area contributed by atoms with E-state index in [1.54, 1.807) is 0 Å². The molecular weight excluding hydrogens is 429 g/mol. The molecule has 0 radical (unpaired) electrons. The number of alkyl halides is 3. The molecule has 1 aromatic carbocycles. The van der Waals surface area contributed by atoms with Crippen molar-refractivity contribution in [3.8, 4) is 0 Å². The van der Waals surface area contributed by atoms with Crippen molar-refractivity contribution >= 4 is 23.9 Å². The number of hydrazine groups is 1. The summed E-state index contributed by atoms with van der Waals surface area (Å²) >= 11 is 0. The van der Waals surface area contributed by atoms with Crippen LogP contribution < -0.4 is 10.7 Å². The van der Waals surface area contributed by atoms with Gasteiger partial charge in [-0.2, -0.15) is 13.2 Å². The number of nitrogens with one attached hydrogen (secondary N) is 2. The number of hydroxylamine groups is 2. The van der Waals surface area contributed by atoms with E-state index < -0.39 is 35.5 Å². The molecule has 3 amide bonds. The maximum atomic E-state index is 13.2. The van der Waals surface area contributed by atoms with E-state index in [9.17, 15) is 32.8 Å². The van der Waals surface area contributed by atoms with Gasteiger partial charge in [0.1, 0.15) is 6.04 Å². The summed E-state index contributed by atoms with van der Waals surface area (Å²) in [7, 11) is 0. The first-order valence-electron chi connectivity index (χ1n) is 10.6. The zero-order chi connectivity index (χ0) is 23.3. The van der Waals surface area contributed by atoms with Gasteiger partial charge in [-0.25, -0.2) is 10.5 Å². The Labute approximate surface area is 183 Å². The maximum Gasteiger partial charge on any atom is 0.416 e. The molecule has 2 atom stereocenters. The van der Waals surface area contributed by atoms with Gasteiger partial charge in [0.05, 0.1) is 18.0 Å². The van der Waals surface area contributed by atoms with Gasteiger partial charge in [0.15, 0.2) is 0 Å². The Morgan fingerprint density at radius 2 is 1.88 bits per heavy atom. The number of carbonyl (C=O) groups excluding carboxylic acids is 3. The van der Waals surface area contributed by atoms with Gasteiger partial charge >= 0.3 is 6.18 Å². The van der Waals surface area contributed by atoms with Crippen LogP contribution in [0.4, 0.5) is 18.9 Å². The van der Waals surface area contributed by atoms with Gasteiger partial charge in [0.25, 0.3) is 0 Å². The quantitative estimate of drug-likeness (QED) is 0.317. The van der Waals surface area contributed by atoms with E-state index in [4.69, 9.17) is 0 Å². The average Bonchev–Trinajstić information content (AvgIpc) is 3.44. The Morgan fingerprint density at radius 1 is 1.22 bits per heavy atom. The zero-order valence-corrected chi connectivity index (χ0v) is 17.5. The van der Waals surface area contributed by atoms with E-state index >= 15 is 0 Å². The highest BCUT2D eigenvalue weighted by Crippen LogP contribution is 2.32. The summed E-state index contributed by atoms with van der Waals surface area (Å²) in [6, 6.07) is 3.20. The molecule has 2 aliphatic rings. The highest BCUT2D eigenvalue weighted by atomic mass is 19.4. The number of anilines is 1. The van der Waals surface area contributed by atoms with E-state index in [0.717, 1.165) is 49.9 Å². The predicted molar refractivity (Wildman–Crippen MR) is 108 cm³/mol. The molecule has 0 spiro atoms. The molecule has 1 aliphatic carbocycles. The number of benzene rings is 1. The SMILES string of the molecule is O=CN(O)CC(CC1CCCC1)C(=O)N1NCC[C@H]1C(=O)Nc1ccc(C(F)(F)F)cc1. The number of halogens is 3. The topological polar surface area (TPSA) is 102 Å². The lowest BCUT2D eigenvalue weighted by atomic mass is 9.92. The Bertz CT molecular complexity index is 812. The highest BCUT2D eigenvalue weighted by Gasteiger charge is 2.39. The van der Waals surface area contributed by atoms with Crippen LogP contribution >= 0.6 is 0 Å². The summed E-state index contributed by atoms with van der Waals surface area (Å²) in [4.78, 5) is 36.9. The average molecular weight is 456 g/mol. The maximum absolute atomic E-state index is 13.2. The van der Waals surface area contributed by atoms with Crippen LogP contribution in [0.15, 0.2) is 24.3 Å². The van der Waals surface area contributed by atoms with Crippen molar-refractivity contribution in [2.75, 3.05) is 18.4 Å². The molecule has 1 aromatic rings. The van der Waals surface area contributed by atoms with Crippen LogP contribution in [0.3, 0.4) is 0 Å². The third kappa shape index (κ3) is 5.98. The molecule has 1 unspecified atom stereocenters. The third-order valence-electron chi connectivity index (χ3n) is 6.00. The van der Waals surface area contributed by atoms with Crippen molar-refractivity contribution in [2.24, 2.45) is 11.8 Å². The number of hydrogen-bond donors (Lipinski definition) is 3. The molecule has 1 saturated heterocycles. The highest BCUT2D eigenvalue weighted by molar-refractivity contribution is 5.97. The second-order valence-electron chi connectivity index (χ2n) is 8.30.